The highest BCUT2D eigenvalue weighted by Crippen LogP contribution is 2.37. The van der Waals surface area contributed by atoms with Gasteiger partial charge in [0.25, 0.3) is 0 Å². The molecule has 17 heavy (non-hydrogen) atoms. The molecule has 0 saturated heterocycles. The normalized spacial score (nSPS) is 10.7. The van der Waals surface area contributed by atoms with Gasteiger partial charge < -0.3 is 15.2 Å². The first-order valence-corrected chi connectivity index (χ1v) is 6.65. The summed E-state index contributed by atoms with van der Waals surface area (Å²) in [4.78, 5) is 0. The van der Waals surface area contributed by atoms with Crippen LogP contribution in [-0.2, 0) is 6.54 Å². The maximum Gasteiger partial charge on any atom is 0.175 e. The first kappa shape index (κ1) is 14.3. The summed E-state index contributed by atoms with van der Waals surface area (Å²) in [5, 5.41) is 0. The minimum absolute atomic E-state index is 0.477. The fraction of sp³-hybridized carbons (Fsp3) is 0.538. The van der Waals surface area contributed by atoms with Crippen molar-refractivity contribution < 1.29 is 9.47 Å². The van der Waals surface area contributed by atoms with Crippen molar-refractivity contribution in [2.24, 2.45) is 11.7 Å². The molecule has 0 aliphatic rings. The Balaban J connectivity index is 2.98. The molecule has 0 fully saturated rings. The zero-order valence-corrected chi connectivity index (χ0v) is 12.2. The Morgan fingerprint density at radius 3 is 2.53 bits per heavy atom. The van der Waals surface area contributed by atoms with Gasteiger partial charge in [0.15, 0.2) is 11.5 Å². The van der Waals surface area contributed by atoms with Crippen molar-refractivity contribution in [2.45, 2.75) is 27.3 Å². The molecule has 3 nitrogen and oxygen atoms in total. The minimum atomic E-state index is 0.477. The maximum absolute atomic E-state index is 5.77. The number of hydrogen-bond donors (Lipinski definition) is 1. The van der Waals surface area contributed by atoms with Crippen LogP contribution in [0.15, 0.2) is 16.6 Å². The average molecular weight is 302 g/mol. The zero-order valence-electron chi connectivity index (χ0n) is 10.6. The summed E-state index contributed by atoms with van der Waals surface area (Å²) in [6, 6.07) is 3.90. The van der Waals surface area contributed by atoms with E-state index >= 15 is 0 Å². The summed E-state index contributed by atoms with van der Waals surface area (Å²) < 4.78 is 12.2. The first-order chi connectivity index (χ1) is 8.08. The summed E-state index contributed by atoms with van der Waals surface area (Å²) in [6.45, 7) is 7.95. The second-order valence-electron chi connectivity index (χ2n) is 4.25. The molecule has 1 aromatic carbocycles. The Morgan fingerprint density at radius 1 is 1.29 bits per heavy atom. The lowest BCUT2D eigenvalue weighted by molar-refractivity contribution is 0.246. The molecule has 0 unspecified atom stereocenters. The van der Waals surface area contributed by atoms with Gasteiger partial charge >= 0.3 is 0 Å². The lowest BCUT2D eigenvalue weighted by atomic mass is 10.2. The van der Waals surface area contributed by atoms with Crippen LogP contribution in [0.1, 0.15) is 26.3 Å². The molecule has 0 heterocycles. The maximum atomic E-state index is 5.77. The van der Waals surface area contributed by atoms with Gasteiger partial charge in [-0.2, -0.15) is 0 Å². The predicted molar refractivity (Wildman–Crippen MR) is 73.5 cm³/mol. The molecule has 0 bridgehead atoms. The van der Waals surface area contributed by atoms with Crippen LogP contribution in [0.3, 0.4) is 0 Å². The number of rotatable bonds is 6. The highest BCUT2D eigenvalue weighted by atomic mass is 79.9. The van der Waals surface area contributed by atoms with E-state index in [-0.39, 0.29) is 0 Å². The van der Waals surface area contributed by atoms with E-state index in [4.69, 9.17) is 15.2 Å². The third-order valence-electron chi connectivity index (χ3n) is 2.17. The van der Waals surface area contributed by atoms with Crippen molar-refractivity contribution in [3.63, 3.8) is 0 Å². The van der Waals surface area contributed by atoms with Crippen LogP contribution in [0.4, 0.5) is 0 Å². The van der Waals surface area contributed by atoms with Gasteiger partial charge in [0.05, 0.1) is 17.7 Å². The van der Waals surface area contributed by atoms with Crippen molar-refractivity contribution in [3.8, 4) is 11.5 Å². The van der Waals surface area contributed by atoms with Crippen LogP contribution in [0.2, 0.25) is 0 Å². The van der Waals surface area contributed by atoms with Crippen molar-refractivity contribution in [1.82, 2.24) is 0 Å². The van der Waals surface area contributed by atoms with Gasteiger partial charge in [0.2, 0.25) is 0 Å². The quantitative estimate of drug-likeness (QED) is 0.876. The molecule has 0 saturated carbocycles. The molecule has 0 aromatic heterocycles. The predicted octanol–water partition coefficient (Wildman–Crippen LogP) is 3.34. The van der Waals surface area contributed by atoms with Crippen LogP contribution in [0.25, 0.3) is 0 Å². The molecular formula is C13H20BrNO2. The number of benzene rings is 1. The van der Waals surface area contributed by atoms with E-state index in [9.17, 15) is 0 Å². The lowest BCUT2D eigenvalue weighted by Gasteiger charge is -2.16. The first-order valence-electron chi connectivity index (χ1n) is 5.86. The van der Waals surface area contributed by atoms with Crippen molar-refractivity contribution in [1.29, 1.82) is 0 Å². The van der Waals surface area contributed by atoms with Crippen LogP contribution < -0.4 is 15.2 Å². The summed E-state index contributed by atoms with van der Waals surface area (Å²) in [5.74, 6) is 1.99. The molecule has 0 aliphatic heterocycles. The average Bonchev–Trinajstić information content (AvgIpc) is 2.27. The topological polar surface area (TPSA) is 44.5 Å². The third-order valence-corrected chi connectivity index (χ3v) is 2.75. The molecule has 2 N–H and O–H groups in total. The van der Waals surface area contributed by atoms with Gasteiger partial charge in [-0.1, -0.05) is 13.8 Å². The van der Waals surface area contributed by atoms with Gasteiger partial charge in [-0.15, -0.1) is 0 Å². The molecular weight excluding hydrogens is 282 g/mol. The Bertz CT molecular complexity index is 367. The van der Waals surface area contributed by atoms with Gasteiger partial charge in [0, 0.05) is 6.54 Å². The molecule has 0 atom stereocenters. The van der Waals surface area contributed by atoms with Crippen LogP contribution in [-0.4, -0.2) is 13.2 Å². The smallest absolute Gasteiger partial charge is 0.175 e. The molecule has 0 radical (unpaired) electrons. The molecule has 1 aromatic rings. The van der Waals surface area contributed by atoms with Gasteiger partial charge in [-0.3, -0.25) is 0 Å². The van der Waals surface area contributed by atoms with Gasteiger partial charge in [-0.25, -0.2) is 0 Å². The fourth-order valence-electron chi connectivity index (χ4n) is 1.39. The monoisotopic (exact) mass is 301 g/mol. The van der Waals surface area contributed by atoms with Crippen LogP contribution in [0, 0.1) is 5.92 Å². The van der Waals surface area contributed by atoms with E-state index in [0.29, 0.717) is 25.7 Å². The van der Waals surface area contributed by atoms with Crippen molar-refractivity contribution in [2.75, 3.05) is 13.2 Å². The Hall–Kier alpha value is -0.740. The molecule has 96 valence electrons. The van der Waals surface area contributed by atoms with Gasteiger partial charge in [-0.05, 0) is 46.5 Å². The van der Waals surface area contributed by atoms with Crippen LogP contribution >= 0.6 is 15.9 Å². The SMILES string of the molecule is CCOc1cc(CN)cc(Br)c1OCC(C)C. The van der Waals surface area contributed by atoms with Crippen molar-refractivity contribution in [3.05, 3.63) is 22.2 Å². The zero-order chi connectivity index (χ0) is 12.8. The summed E-state index contributed by atoms with van der Waals surface area (Å²) >= 11 is 3.50. The Morgan fingerprint density at radius 2 is 2.00 bits per heavy atom. The lowest BCUT2D eigenvalue weighted by Crippen LogP contribution is -2.07. The number of halogens is 1. The summed E-state index contributed by atoms with van der Waals surface area (Å²) in [7, 11) is 0. The highest BCUT2D eigenvalue weighted by Gasteiger charge is 2.12. The van der Waals surface area contributed by atoms with E-state index in [0.717, 1.165) is 21.5 Å². The van der Waals surface area contributed by atoms with Crippen molar-refractivity contribution >= 4 is 15.9 Å². The standard InChI is InChI=1S/C13H20BrNO2/c1-4-16-12-6-10(7-15)5-11(14)13(12)17-8-9(2)3/h5-6,9H,4,7-8,15H2,1-3H3. The highest BCUT2D eigenvalue weighted by molar-refractivity contribution is 9.10. The van der Waals surface area contributed by atoms with E-state index in [1.807, 2.05) is 19.1 Å². The summed E-state index contributed by atoms with van der Waals surface area (Å²) in [5.41, 5.74) is 6.66. The second kappa shape index (κ2) is 6.87. The second-order valence-corrected chi connectivity index (χ2v) is 5.10. The molecule has 0 aliphatic carbocycles. The van der Waals surface area contributed by atoms with Crippen LogP contribution in [0.5, 0.6) is 11.5 Å². The summed E-state index contributed by atoms with van der Waals surface area (Å²) in [6.07, 6.45) is 0. The van der Waals surface area contributed by atoms with Gasteiger partial charge in [0.1, 0.15) is 0 Å². The van der Waals surface area contributed by atoms with E-state index in [2.05, 4.69) is 29.8 Å². The largest absolute Gasteiger partial charge is 0.490 e. The minimum Gasteiger partial charge on any atom is -0.490 e. The molecule has 0 spiro atoms. The van der Waals surface area contributed by atoms with E-state index in [1.54, 1.807) is 0 Å². The number of nitrogens with two attached hydrogens (primary N) is 1. The molecule has 1 rings (SSSR count). The Labute approximate surface area is 111 Å². The fourth-order valence-corrected chi connectivity index (χ4v) is 2.00. The Kier molecular flexibility index (Phi) is 5.78. The molecule has 0 amide bonds. The van der Waals surface area contributed by atoms with E-state index < -0.39 is 0 Å². The molecule has 4 heteroatoms. The number of hydrogen-bond acceptors (Lipinski definition) is 3. The number of ether oxygens (including phenoxy) is 2. The third kappa shape index (κ3) is 4.21. The van der Waals surface area contributed by atoms with E-state index in [1.165, 1.54) is 0 Å².